The molecule has 0 bridgehead atoms. The van der Waals surface area contributed by atoms with Crippen molar-refractivity contribution in [1.29, 1.82) is 0 Å². The Morgan fingerprint density at radius 1 is 1.10 bits per heavy atom. The molecule has 4 aromatic rings. The summed E-state index contributed by atoms with van der Waals surface area (Å²) in [5.74, 6) is 0.763. The van der Waals surface area contributed by atoms with Crippen LogP contribution in [0.2, 0.25) is 5.02 Å². The molecule has 0 saturated carbocycles. The van der Waals surface area contributed by atoms with Crippen molar-refractivity contribution in [2.24, 2.45) is 0 Å². The van der Waals surface area contributed by atoms with Crippen LogP contribution in [0.15, 0.2) is 71.1 Å². The number of hydrogen-bond donors (Lipinski definition) is 2. The van der Waals surface area contributed by atoms with Gasteiger partial charge in [0.15, 0.2) is 10.7 Å². The average Bonchev–Trinajstić information content (AvgIpc) is 3.17. The molecular weight excluding hydrogens is 422 g/mol. The highest BCUT2D eigenvalue weighted by Crippen LogP contribution is 2.27. The Kier molecular flexibility index (Phi) is 5.65. The van der Waals surface area contributed by atoms with Crippen LogP contribution in [0.4, 0.5) is 5.69 Å². The van der Waals surface area contributed by atoms with Crippen molar-refractivity contribution in [3.05, 3.63) is 77.3 Å². The Morgan fingerprint density at radius 2 is 1.90 bits per heavy atom. The maximum Gasteiger partial charge on any atom is 0.257 e. The number of nitrogens with zero attached hydrogens (tertiary/aromatic N) is 1. The number of ether oxygens (including phenoxy) is 1. The second-order valence-electron chi connectivity index (χ2n) is 6.35. The largest absolute Gasteiger partial charge is 0.497 e. The highest BCUT2D eigenvalue weighted by Gasteiger charge is 2.11. The minimum absolute atomic E-state index is 0.187. The summed E-state index contributed by atoms with van der Waals surface area (Å²) < 4.78 is 10.9. The van der Waals surface area contributed by atoms with Crippen molar-refractivity contribution in [2.45, 2.75) is 0 Å². The number of aromatic nitrogens is 1. The van der Waals surface area contributed by atoms with Crippen LogP contribution in [0.5, 0.6) is 5.75 Å². The summed E-state index contributed by atoms with van der Waals surface area (Å²) in [6.07, 6.45) is 0. The van der Waals surface area contributed by atoms with Crippen molar-refractivity contribution in [2.75, 3.05) is 12.4 Å². The quantitative estimate of drug-likeness (QED) is 0.423. The zero-order valence-electron chi connectivity index (χ0n) is 15.8. The van der Waals surface area contributed by atoms with Crippen molar-refractivity contribution in [1.82, 2.24) is 10.3 Å². The third-order valence-corrected chi connectivity index (χ3v) is 4.74. The van der Waals surface area contributed by atoms with Gasteiger partial charge >= 0.3 is 0 Å². The molecule has 0 aliphatic heterocycles. The monoisotopic (exact) mass is 437 g/mol. The molecule has 0 aliphatic carbocycles. The average molecular weight is 438 g/mol. The van der Waals surface area contributed by atoms with Crippen LogP contribution in [0, 0.1) is 0 Å². The number of anilines is 1. The first-order valence-corrected chi connectivity index (χ1v) is 9.73. The summed E-state index contributed by atoms with van der Waals surface area (Å²) in [4.78, 5) is 16.8. The molecule has 0 radical (unpaired) electrons. The number of fused-ring (bicyclic) bond motifs is 1. The molecule has 30 heavy (non-hydrogen) atoms. The van der Waals surface area contributed by atoms with Gasteiger partial charge in [0.2, 0.25) is 5.89 Å². The summed E-state index contributed by atoms with van der Waals surface area (Å²) in [5, 5.41) is 6.42. The van der Waals surface area contributed by atoms with E-state index >= 15 is 0 Å². The van der Waals surface area contributed by atoms with Gasteiger partial charge in [-0.3, -0.25) is 10.1 Å². The minimum atomic E-state index is -0.326. The Hall–Kier alpha value is -3.42. The number of methoxy groups -OCH3 is 1. The predicted molar refractivity (Wildman–Crippen MR) is 121 cm³/mol. The predicted octanol–water partition coefficient (Wildman–Crippen LogP) is 5.28. The Labute approximate surface area is 182 Å². The van der Waals surface area contributed by atoms with Crippen molar-refractivity contribution in [3.63, 3.8) is 0 Å². The van der Waals surface area contributed by atoms with Gasteiger partial charge in [-0.05, 0) is 72.9 Å². The Balaban J connectivity index is 1.42. The van der Waals surface area contributed by atoms with Gasteiger partial charge in [-0.15, -0.1) is 0 Å². The van der Waals surface area contributed by atoms with Crippen LogP contribution in [0.25, 0.3) is 22.6 Å². The fourth-order valence-electron chi connectivity index (χ4n) is 2.82. The number of oxazole rings is 1. The molecule has 3 aromatic carbocycles. The maximum atomic E-state index is 12.3. The summed E-state index contributed by atoms with van der Waals surface area (Å²) >= 11 is 11.2. The molecule has 6 nitrogen and oxygen atoms in total. The Bertz CT molecular complexity index is 1240. The van der Waals surface area contributed by atoms with Crippen molar-refractivity contribution < 1.29 is 13.9 Å². The molecule has 1 amide bonds. The molecule has 8 heteroatoms. The lowest BCUT2D eigenvalue weighted by atomic mass is 10.2. The van der Waals surface area contributed by atoms with Gasteiger partial charge < -0.3 is 14.5 Å². The fraction of sp³-hybridized carbons (Fsp3) is 0.0455. The van der Waals surface area contributed by atoms with E-state index in [1.165, 1.54) is 0 Å². The number of rotatable bonds is 4. The zero-order chi connectivity index (χ0) is 21.1. The lowest BCUT2D eigenvalue weighted by molar-refractivity contribution is 0.0977. The van der Waals surface area contributed by atoms with E-state index in [1.54, 1.807) is 49.6 Å². The molecule has 1 heterocycles. The lowest BCUT2D eigenvalue weighted by Gasteiger charge is -2.10. The van der Waals surface area contributed by atoms with Gasteiger partial charge in [-0.25, -0.2) is 4.98 Å². The van der Waals surface area contributed by atoms with Gasteiger partial charge in [-0.2, -0.15) is 0 Å². The second kappa shape index (κ2) is 8.52. The summed E-state index contributed by atoms with van der Waals surface area (Å²) in [6.45, 7) is 0. The van der Waals surface area contributed by atoms with Crippen LogP contribution in [0.1, 0.15) is 10.4 Å². The second-order valence-corrected chi connectivity index (χ2v) is 7.19. The Morgan fingerprint density at radius 3 is 2.67 bits per heavy atom. The van der Waals surface area contributed by atoms with Crippen molar-refractivity contribution in [3.8, 4) is 17.2 Å². The number of hydrogen-bond acceptors (Lipinski definition) is 5. The first kappa shape index (κ1) is 19.9. The number of nitrogens with one attached hydrogen (secondary N) is 2. The van der Waals surface area contributed by atoms with Gasteiger partial charge in [0.05, 0.1) is 7.11 Å². The highest BCUT2D eigenvalue weighted by atomic mass is 35.5. The first-order valence-electron chi connectivity index (χ1n) is 8.95. The summed E-state index contributed by atoms with van der Waals surface area (Å²) in [5.41, 5.74) is 3.33. The molecule has 0 unspecified atom stereocenters. The first-order chi connectivity index (χ1) is 14.5. The van der Waals surface area contributed by atoms with Gasteiger partial charge in [0.1, 0.15) is 11.3 Å². The SMILES string of the molecule is COc1cccc(C(=O)NC(=S)Nc2ccc(-c3nc4cc(Cl)ccc4o3)cc2)c1. The fourth-order valence-corrected chi connectivity index (χ4v) is 3.20. The van der Waals surface area contributed by atoms with Gasteiger partial charge in [0, 0.05) is 21.8 Å². The molecule has 1 aromatic heterocycles. The third-order valence-electron chi connectivity index (χ3n) is 4.30. The normalized spacial score (nSPS) is 10.6. The standard InChI is InChI=1S/C22H16ClN3O3S/c1-28-17-4-2-3-14(11-17)20(27)26-22(30)24-16-8-5-13(6-9-16)21-25-18-12-15(23)7-10-19(18)29-21/h2-12H,1H3,(H2,24,26,27,30). The number of amides is 1. The number of benzene rings is 3. The molecule has 0 aliphatic rings. The van der Waals surface area contributed by atoms with Crippen LogP contribution in [-0.2, 0) is 0 Å². The van der Waals surface area contributed by atoms with Crippen LogP contribution in [0.3, 0.4) is 0 Å². The van der Waals surface area contributed by atoms with E-state index in [0.717, 1.165) is 5.56 Å². The van der Waals surface area contributed by atoms with Crippen LogP contribution < -0.4 is 15.4 Å². The van der Waals surface area contributed by atoms with E-state index < -0.39 is 0 Å². The van der Waals surface area contributed by atoms with E-state index in [4.69, 9.17) is 33.0 Å². The lowest BCUT2D eigenvalue weighted by Crippen LogP contribution is -2.34. The zero-order valence-corrected chi connectivity index (χ0v) is 17.4. The summed E-state index contributed by atoms with van der Waals surface area (Å²) in [7, 11) is 1.54. The van der Waals surface area contributed by atoms with Crippen LogP contribution in [-0.4, -0.2) is 23.1 Å². The molecule has 4 rings (SSSR count). The molecular formula is C22H16ClN3O3S. The van der Waals surface area contributed by atoms with Gasteiger partial charge in [-0.1, -0.05) is 17.7 Å². The molecule has 150 valence electrons. The molecule has 2 N–H and O–H groups in total. The topological polar surface area (TPSA) is 76.4 Å². The smallest absolute Gasteiger partial charge is 0.257 e. The van der Waals surface area contributed by atoms with E-state index in [-0.39, 0.29) is 11.0 Å². The van der Waals surface area contributed by atoms with Crippen LogP contribution >= 0.6 is 23.8 Å². The molecule has 0 atom stereocenters. The number of carbonyl (C=O) groups excluding carboxylic acids is 1. The number of thiocarbonyl (C=S) groups is 1. The molecule has 0 fully saturated rings. The maximum absolute atomic E-state index is 12.3. The summed E-state index contributed by atoms with van der Waals surface area (Å²) in [6, 6.07) is 19.5. The number of halogens is 1. The number of carbonyl (C=O) groups is 1. The van der Waals surface area contributed by atoms with E-state index in [2.05, 4.69) is 15.6 Å². The van der Waals surface area contributed by atoms with E-state index in [1.807, 2.05) is 24.3 Å². The van der Waals surface area contributed by atoms with Crippen molar-refractivity contribution >= 4 is 51.6 Å². The highest BCUT2D eigenvalue weighted by molar-refractivity contribution is 7.80. The molecule has 0 spiro atoms. The van der Waals surface area contributed by atoms with E-state index in [9.17, 15) is 4.79 Å². The van der Waals surface area contributed by atoms with Gasteiger partial charge in [0.25, 0.3) is 5.91 Å². The molecule has 0 saturated heterocycles. The van der Waals surface area contributed by atoms with E-state index in [0.29, 0.717) is 39.0 Å². The minimum Gasteiger partial charge on any atom is -0.497 e. The third kappa shape index (κ3) is 4.42.